The molecule has 0 spiro atoms. The number of nitrogens with zero attached hydrogens (tertiary/aromatic N) is 3. The van der Waals surface area contributed by atoms with Crippen LogP contribution in [0, 0.1) is 0 Å². The normalized spacial score (nSPS) is 26.4. The van der Waals surface area contributed by atoms with E-state index in [0.29, 0.717) is 5.04 Å². The molecule has 2 atom stereocenters. The maximum absolute atomic E-state index is 9.64. The summed E-state index contributed by atoms with van der Waals surface area (Å²) in [6.45, 7) is 0. The molecule has 0 saturated carbocycles. The van der Waals surface area contributed by atoms with Gasteiger partial charge in [-0.1, -0.05) is 12.1 Å². The fraction of sp³-hybridized carbons (Fsp3) is 0.222. The summed E-state index contributed by atoms with van der Waals surface area (Å²) >= 11 is 0.998. The van der Waals surface area contributed by atoms with Crippen molar-refractivity contribution in [1.82, 2.24) is 0 Å². The molecule has 6 nitrogen and oxygen atoms in total. The van der Waals surface area contributed by atoms with E-state index in [1.54, 1.807) is 4.70 Å². The molecule has 2 heterocycles. The van der Waals surface area contributed by atoms with Crippen molar-refractivity contribution in [3.8, 4) is 0 Å². The first-order valence-corrected chi connectivity index (χ1v) is 5.57. The average Bonchev–Trinajstić information content (AvgIpc) is 2.71. The minimum absolute atomic E-state index is 0.440. The van der Waals surface area contributed by atoms with Crippen molar-refractivity contribution in [2.24, 2.45) is 15.4 Å². The van der Waals surface area contributed by atoms with Crippen molar-refractivity contribution < 1.29 is 14.6 Å². The SMILES string of the molecule is NSC1=Nc2ccccc2[N+]2=NOC(O)C12. The summed E-state index contributed by atoms with van der Waals surface area (Å²) in [5.74, 6) is 0. The van der Waals surface area contributed by atoms with E-state index in [0.717, 1.165) is 23.3 Å². The summed E-state index contributed by atoms with van der Waals surface area (Å²) in [7, 11) is 0. The first-order chi connectivity index (χ1) is 7.81. The Balaban J connectivity index is 2.19. The quantitative estimate of drug-likeness (QED) is 0.522. The molecule has 82 valence electrons. The topological polar surface area (TPSA) is 83.2 Å². The summed E-state index contributed by atoms with van der Waals surface area (Å²) in [5.41, 5.74) is 1.58. The number of hydrogen-bond donors (Lipinski definition) is 2. The largest absolute Gasteiger partial charge is 0.351 e. The van der Waals surface area contributed by atoms with Gasteiger partial charge in [-0.15, -0.1) is 0 Å². The maximum atomic E-state index is 9.64. The van der Waals surface area contributed by atoms with Crippen molar-refractivity contribution >= 4 is 28.4 Å². The number of aliphatic imine (C=N–C) groups is 1. The minimum atomic E-state index is -1.02. The Morgan fingerprint density at radius 3 is 3.06 bits per heavy atom. The zero-order chi connectivity index (χ0) is 11.1. The molecule has 0 saturated heterocycles. The van der Waals surface area contributed by atoms with Crippen LogP contribution in [0.3, 0.4) is 0 Å². The van der Waals surface area contributed by atoms with Gasteiger partial charge in [0.25, 0.3) is 5.69 Å². The number of rotatable bonds is 0. The fourth-order valence-corrected chi connectivity index (χ4v) is 2.29. The van der Waals surface area contributed by atoms with Crippen LogP contribution < -0.4 is 5.14 Å². The fourth-order valence-electron chi connectivity index (χ4n) is 1.78. The van der Waals surface area contributed by atoms with E-state index in [9.17, 15) is 5.11 Å². The Morgan fingerprint density at radius 1 is 1.44 bits per heavy atom. The number of aliphatic hydroxyl groups excluding tert-OH is 1. The van der Waals surface area contributed by atoms with Crippen LogP contribution in [0.4, 0.5) is 11.4 Å². The van der Waals surface area contributed by atoms with E-state index in [4.69, 9.17) is 9.98 Å². The predicted molar refractivity (Wildman–Crippen MR) is 58.5 cm³/mol. The molecule has 2 aliphatic rings. The van der Waals surface area contributed by atoms with E-state index in [2.05, 4.69) is 10.3 Å². The highest BCUT2D eigenvalue weighted by Crippen LogP contribution is 2.38. The van der Waals surface area contributed by atoms with Crippen LogP contribution in [0.1, 0.15) is 0 Å². The summed E-state index contributed by atoms with van der Waals surface area (Å²) < 4.78 is 1.60. The van der Waals surface area contributed by atoms with Gasteiger partial charge >= 0.3 is 12.3 Å². The number of fused-ring (bicyclic) bond motifs is 3. The van der Waals surface area contributed by atoms with Gasteiger partial charge in [-0.2, -0.15) is 0 Å². The summed E-state index contributed by atoms with van der Waals surface area (Å²) in [4.78, 5) is 9.22. The molecule has 0 aromatic heterocycles. The van der Waals surface area contributed by atoms with Crippen LogP contribution in [0.15, 0.2) is 34.5 Å². The molecular weight excluding hydrogens is 228 g/mol. The molecule has 1 aromatic rings. The highest BCUT2D eigenvalue weighted by atomic mass is 32.2. The Morgan fingerprint density at radius 2 is 2.25 bits per heavy atom. The third kappa shape index (κ3) is 1.26. The molecule has 0 fully saturated rings. The Bertz CT molecular complexity index is 502. The lowest BCUT2D eigenvalue weighted by molar-refractivity contribution is -0.529. The number of hydrogen-bond acceptors (Lipinski definition) is 6. The predicted octanol–water partition coefficient (Wildman–Crippen LogP) is 1.07. The third-order valence-electron chi connectivity index (χ3n) is 2.51. The molecule has 3 N–H and O–H groups in total. The second-order valence-electron chi connectivity index (χ2n) is 3.42. The first-order valence-electron chi connectivity index (χ1n) is 4.69. The number of aliphatic hydroxyl groups is 1. The zero-order valence-corrected chi connectivity index (χ0v) is 8.96. The molecular formula is C9H9N4O2S+. The lowest BCUT2D eigenvalue weighted by Gasteiger charge is -2.14. The second-order valence-corrected chi connectivity index (χ2v) is 4.08. The van der Waals surface area contributed by atoms with Gasteiger partial charge in [-0.05, 0) is 22.7 Å². The van der Waals surface area contributed by atoms with E-state index in [1.807, 2.05) is 24.3 Å². The van der Waals surface area contributed by atoms with Crippen LogP contribution in [-0.2, 0) is 4.84 Å². The Labute approximate surface area is 95.5 Å². The van der Waals surface area contributed by atoms with Gasteiger partial charge in [0.1, 0.15) is 5.69 Å². The average molecular weight is 237 g/mol. The smallest absolute Gasteiger partial charge is 0.302 e. The molecule has 0 aliphatic carbocycles. The second kappa shape index (κ2) is 3.55. The van der Waals surface area contributed by atoms with E-state index < -0.39 is 12.3 Å². The lowest BCUT2D eigenvalue weighted by atomic mass is 10.2. The van der Waals surface area contributed by atoms with Gasteiger partial charge in [0.2, 0.25) is 0 Å². The van der Waals surface area contributed by atoms with E-state index in [-0.39, 0.29) is 0 Å². The summed E-state index contributed by atoms with van der Waals surface area (Å²) in [6.07, 6.45) is -1.02. The van der Waals surface area contributed by atoms with Crippen molar-refractivity contribution in [3.05, 3.63) is 24.3 Å². The van der Waals surface area contributed by atoms with Gasteiger partial charge in [-0.25, -0.2) is 4.99 Å². The van der Waals surface area contributed by atoms with Gasteiger partial charge in [0.15, 0.2) is 10.3 Å². The van der Waals surface area contributed by atoms with Gasteiger partial charge in [-0.3, -0.25) is 5.14 Å². The van der Waals surface area contributed by atoms with Gasteiger partial charge in [0.05, 0.1) is 0 Å². The molecule has 16 heavy (non-hydrogen) atoms. The highest BCUT2D eigenvalue weighted by molar-refractivity contribution is 8.12. The van der Waals surface area contributed by atoms with Crippen molar-refractivity contribution in [3.63, 3.8) is 0 Å². The van der Waals surface area contributed by atoms with Crippen molar-refractivity contribution in [2.75, 3.05) is 0 Å². The third-order valence-corrected chi connectivity index (χ3v) is 3.08. The number of para-hydroxylation sites is 2. The van der Waals surface area contributed by atoms with Gasteiger partial charge < -0.3 is 9.94 Å². The molecule has 3 rings (SSSR count). The molecule has 2 unspecified atom stereocenters. The molecule has 0 bridgehead atoms. The van der Waals surface area contributed by atoms with Gasteiger partial charge in [0, 0.05) is 6.07 Å². The molecule has 1 aromatic carbocycles. The molecule has 0 radical (unpaired) electrons. The van der Waals surface area contributed by atoms with Crippen LogP contribution in [-0.4, -0.2) is 27.2 Å². The standard InChI is InChI=1S/C9H9N4O2S/c10-16-8-7-9(14)15-12-13(7)6-4-2-1-3-5(6)11-8/h1-4,7,9,14H,10H2/q+1. The first kappa shape index (κ1) is 9.76. The monoisotopic (exact) mass is 237 g/mol. The summed E-state index contributed by atoms with van der Waals surface area (Å²) in [5, 5.41) is 19.6. The minimum Gasteiger partial charge on any atom is -0.351 e. The lowest BCUT2D eigenvalue weighted by Crippen LogP contribution is -2.38. The molecule has 7 heteroatoms. The Kier molecular flexibility index (Phi) is 2.16. The highest BCUT2D eigenvalue weighted by Gasteiger charge is 2.49. The van der Waals surface area contributed by atoms with E-state index >= 15 is 0 Å². The van der Waals surface area contributed by atoms with Crippen LogP contribution in [0.25, 0.3) is 0 Å². The molecule has 0 amide bonds. The van der Waals surface area contributed by atoms with E-state index in [1.165, 1.54) is 0 Å². The zero-order valence-electron chi connectivity index (χ0n) is 8.15. The summed E-state index contributed by atoms with van der Waals surface area (Å²) in [6, 6.07) is 7.06. The Hall–Kier alpha value is -1.44. The molecule has 2 aliphatic heterocycles. The maximum Gasteiger partial charge on any atom is 0.302 e. The van der Waals surface area contributed by atoms with Crippen LogP contribution in [0.2, 0.25) is 0 Å². The number of benzene rings is 1. The van der Waals surface area contributed by atoms with Crippen LogP contribution >= 0.6 is 11.9 Å². The van der Waals surface area contributed by atoms with Crippen LogP contribution in [0.5, 0.6) is 0 Å². The van der Waals surface area contributed by atoms with Crippen molar-refractivity contribution in [1.29, 1.82) is 0 Å². The number of nitrogens with two attached hydrogens (primary N) is 1. The van der Waals surface area contributed by atoms with Crippen molar-refractivity contribution in [2.45, 2.75) is 12.3 Å².